The van der Waals surface area contributed by atoms with E-state index in [1.165, 1.54) is 6.20 Å². The van der Waals surface area contributed by atoms with Crippen molar-refractivity contribution in [3.63, 3.8) is 0 Å². The van der Waals surface area contributed by atoms with Crippen LogP contribution in [0.2, 0.25) is 0 Å². The number of nitrogens with zero attached hydrogens (tertiary/aromatic N) is 4. The summed E-state index contributed by atoms with van der Waals surface area (Å²) in [5.74, 6) is 0.740. The topological polar surface area (TPSA) is 91.7 Å². The van der Waals surface area contributed by atoms with E-state index in [0.29, 0.717) is 17.7 Å². The fraction of sp³-hybridized carbons (Fsp3) is 0.368. The molecule has 0 fully saturated rings. The lowest BCUT2D eigenvalue weighted by molar-refractivity contribution is 0.00888. The summed E-state index contributed by atoms with van der Waals surface area (Å²) in [6.07, 6.45) is 2.61. The van der Waals surface area contributed by atoms with Crippen LogP contribution in [0.25, 0.3) is 5.57 Å². The van der Waals surface area contributed by atoms with Gasteiger partial charge in [0, 0.05) is 61.5 Å². The van der Waals surface area contributed by atoms with Gasteiger partial charge in [-0.2, -0.15) is 13.9 Å². The Kier molecular flexibility index (Phi) is 6.05. The number of aromatic nitrogens is 2. The molecule has 0 aliphatic carbocycles. The standard InChI is InChI=1S/C19H24F2N6O/c1-12(28)27-8-7-17-16(11-27)18(25-26(17)2)24-15-5-3-13(4-6-15)14(9-22)10-23-19(20)21/h3-6,9-10,12,19,28H,7-8,11,22H2,1-2H3,(H,24,25). The van der Waals surface area contributed by atoms with Crippen molar-refractivity contribution >= 4 is 23.3 Å². The van der Waals surface area contributed by atoms with Crippen LogP contribution in [0.15, 0.2) is 35.5 Å². The Hall–Kier alpha value is -2.78. The SMILES string of the molecule is CC(O)N1CCc2c(c(Nc3ccc(C(C=NC(F)F)=CN)cc3)nn2C)C1. The number of benzene rings is 1. The minimum Gasteiger partial charge on any atom is -0.404 e. The summed E-state index contributed by atoms with van der Waals surface area (Å²) in [6, 6.07) is 7.20. The van der Waals surface area contributed by atoms with Gasteiger partial charge in [-0.3, -0.25) is 9.58 Å². The Labute approximate surface area is 162 Å². The first-order valence-corrected chi connectivity index (χ1v) is 8.96. The average molecular weight is 390 g/mol. The molecule has 1 aromatic heterocycles. The summed E-state index contributed by atoms with van der Waals surface area (Å²) in [7, 11) is 1.91. The molecule has 0 saturated heterocycles. The maximum Gasteiger partial charge on any atom is 0.331 e. The minimum atomic E-state index is -2.77. The van der Waals surface area contributed by atoms with Crippen molar-refractivity contribution in [3.05, 3.63) is 47.3 Å². The number of hydrogen-bond acceptors (Lipinski definition) is 6. The highest BCUT2D eigenvalue weighted by Gasteiger charge is 2.25. The Morgan fingerprint density at radius 1 is 1.36 bits per heavy atom. The van der Waals surface area contributed by atoms with Gasteiger partial charge in [-0.25, -0.2) is 4.99 Å². The quantitative estimate of drug-likeness (QED) is 0.521. The minimum absolute atomic E-state index is 0.412. The number of allylic oxidation sites excluding steroid dienone is 1. The molecule has 1 unspecified atom stereocenters. The summed E-state index contributed by atoms with van der Waals surface area (Å²) in [4.78, 5) is 5.06. The second kappa shape index (κ2) is 8.49. The van der Waals surface area contributed by atoms with Crippen LogP contribution < -0.4 is 11.1 Å². The number of nitrogens with one attached hydrogen (secondary N) is 1. The molecule has 2 heterocycles. The van der Waals surface area contributed by atoms with Gasteiger partial charge >= 0.3 is 6.55 Å². The monoisotopic (exact) mass is 390 g/mol. The molecule has 0 amide bonds. The molecule has 7 nitrogen and oxygen atoms in total. The molecule has 0 bridgehead atoms. The van der Waals surface area contributed by atoms with Gasteiger partial charge in [-0.05, 0) is 24.6 Å². The highest BCUT2D eigenvalue weighted by Crippen LogP contribution is 2.29. The van der Waals surface area contributed by atoms with Crippen LogP contribution in [0, 0.1) is 0 Å². The van der Waals surface area contributed by atoms with E-state index >= 15 is 0 Å². The van der Waals surface area contributed by atoms with Crippen LogP contribution in [0.5, 0.6) is 0 Å². The first-order chi connectivity index (χ1) is 13.4. The van der Waals surface area contributed by atoms with Crippen LogP contribution >= 0.6 is 0 Å². The lowest BCUT2D eigenvalue weighted by atomic mass is 10.1. The largest absolute Gasteiger partial charge is 0.404 e. The molecule has 3 rings (SSSR count). The summed E-state index contributed by atoms with van der Waals surface area (Å²) in [5.41, 5.74) is 9.62. The first-order valence-electron chi connectivity index (χ1n) is 8.96. The van der Waals surface area contributed by atoms with Gasteiger partial charge in [0.05, 0.1) is 0 Å². The summed E-state index contributed by atoms with van der Waals surface area (Å²) in [5, 5.41) is 17.7. The number of aliphatic imine (C=N–C) groups is 1. The number of aliphatic hydroxyl groups excluding tert-OH is 1. The molecule has 1 aromatic carbocycles. The van der Waals surface area contributed by atoms with Crippen LogP contribution in [-0.2, 0) is 20.0 Å². The van der Waals surface area contributed by atoms with Crippen molar-refractivity contribution in [1.82, 2.24) is 14.7 Å². The lowest BCUT2D eigenvalue weighted by Gasteiger charge is -2.29. The third-order valence-corrected chi connectivity index (χ3v) is 4.79. The van der Waals surface area contributed by atoms with Crippen molar-refractivity contribution in [3.8, 4) is 0 Å². The van der Waals surface area contributed by atoms with E-state index in [0.717, 1.165) is 41.9 Å². The molecular weight excluding hydrogens is 366 g/mol. The number of rotatable bonds is 6. The van der Waals surface area contributed by atoms with E-state index in [2.05, 4.69) is 15.4 Å². The second-order valence-corrected chi connectivity index (χ2v) is 6.63. The predicted molar refractivity (Wildman–Crippen MR) is 105 cm³/mol. The molecule has 0 spiro atoms. The van der Waals surface area contributed by atoms with Crippen LogP contribution in [-0.4, -0.2) is 45.3 Å². The molecule has 1 aliphatic rings. The zero-order valence-corrected chi connectivity index (χ0v) is 15.8. The van der Waals surface area contributed by atoms with E-state index in [9.17, 15) is 13.9 Å². The molecule has 1 aliphatic heterocycles. The number of nitrogens with two attached hydrogens (primary N) is 1. The molecule has 28 heavy (non-hydrogen) atoms. The second-order valence-electron chi connectivity index (χ2n) is 6.63. The third kappa shape index (κ3) is 4.37. The fourth-order valence-corrected chi connectivity index (χ4v) is 3.27. The van der Waals surface area contributed by atoms with Crippen molar-refractivity contribution in [2.75, 3.05) is 11.9 Å². The maximum atomic E-state index is 12.3. The van der Waals surface area contributed by atoms with Gasteiger partial charge in [0.25, 0.3) is 0 Å². The Balaban J connectivity index is 1.78. The number of aliphatic hydroxyl groups is 1. The van der Waals surface area contributed by atoms with E-state index in [-0.39, 0.29) is 0 Å². The van der Waals surface area contributed by atoms with Crippen molar-refractivity contribution in [1.29, 1.82) is 0 Å². The van der Waals surface area contributed by atoms with Gasteiger partial charge in [0.2, 0.25) is 0 Å². The normalized spacial score (nSPS) is 16.6. The highest BCUT2D eigenvalue weighted by molar-refractivity contribution is 6.09. The number of halogens is 2. The summed E-state index contributed by atoms with van der Waals surface area (Å²) in [6.45, 7) is 0.387. The average Bonchev–Trinajstić information content (AvgIpc) is 2.98. The molecular formula is C19H24F2N6O. The number of hydrogen-bond donors (Lipinski definition) is 3. The van der Waals surface area contributed by atoms with E-state index in [1.54, 1.807) is 19.1 Å². The molecule has 0 saturated carbocycles. The molecule has 2 aromatic rings. The van der Waals surface area contributed by atoms with Gasteiger partial charge in [0.15, 0.2) is 5.82 Å². The zero-order valence-electron chi connectivity index (χ0n) is 15.8. The Morgan fingerprint density at radius 2 is 2.07 bits per heavy atom. The van der Waals surface area contributed by atoms with E-state index in [4.69, 9.17) is 5.73 Å². The first kappa shape index (κ1) is 20.0. The van der Waals surface area contributed by atoms with Gasteiger partial charge in [-0.15, -0.1) is 0 Å². The number of fused-ring (bicyclic) bond motifs is 1. The zero-order chi connectivity index (χ0) is 20.3. The summed E-state index contributed by atoms with van der Waals surface area (Å²) >= 11 is 0. The van der Waals surface area contributed by atoms with Crippen molar-refractivity contribution in [2.24, 2.45) is 17.8 Å². The predicted octanol–water partition coefficient (Wildman–Crippen LogP) is 2.45. The lowest BCUT2D eigenvalue weighted by Crippen LogP contribution is -2.37. The number of alkyl halides is 2. The van der Waals surface area contributed by atoms with Crippen LogP contribution in [0.4, 0.5) is 20.3 Å². The molecule has 0 radical (unpaired) electrons. The molecule has 150 valence electrons. The van der Waals surface area contributed by atoms with Gasteiger partial charge < -0.3 is 16.2 Å². The Bertz CT molecular complexity index is 873. The van der Waals surface area contributed by atoms with Crippen LogP contribution in [0.1, 0.15) is 23.7 Å². The van der Waals surface area contributed by atoms with Gasteiger partial charge in [0.1, 0.15) is 6.23 Å². The number of anilines is 2. The van der Waals surface area contributed by atoms with Crippen LogP contribution in [0.3, 0.4) is 0 Å². The highest BCUT2D eigenvalue weighted by atomic mass is 19.3. The van der Waals surface area contributed by atoms with E-state index < -0.39 is 12.8 Å². The van der Waals surface area contributed by atoms with E-state index in [1.807, 2.05) is 28.8 Å². The molecule has 9 heteroatoms. The van der Waals surface area contributed by atoms with Crippen molar-refractivity contribution in [2.45, 2.75) is 32.7 Å². The Morgan fingerprint density at radius 3 is 2.68 bits per heavy atom. The maximum absolute atomic E-state index is 12.3. The van der Waals surface area contributed by atoms with Gasteiger partial charge in [-0.1, -0.05) is 12.1 Å². The molecule has 1 atom stereocenters. The fourth-order valence-electron chi connectivity index (χ4n) is 3.27. The van der Waals surface area contributed by atoms with Crippen molar-refractivity contribution < 1.29 is 13.9 Å². The molecule has 4 N–H and O–H groups in total. The smallest absolute Gasteiger partial charge is 0.331 e. The summed E-state index contributed by atoms with van der Waals surface area (Å²) < 4.78 is 26.4. The third-order valence-electron chi connectivity index (χ3n) is 4.79. The number of aryl methyl sites for hydroxylation is 1.